The number of hydrogen-bond donors (Lipinski definition) is 2. The van der Waals surface area contributed by atoms with Gasteiger partial charge < -0.3 is 10.8 Å². The molecule has 0 amide bonds. The number of carboxylic acid groups (broad SMARTS) is 1. The summed E-state index contributed by atoms with van der Waals surface area (Å²) < 4.78 is 0. The van der Waals surface area contributed by atoms with Gasteiger partial charge in [0.05, 0.1) is 6.42 Å². The van der Waals surface area contributed by atoms with Crippen molar-refractivity contribution >= 4 is 23.3 Å². The molecule has 0 aromatic heterocycles. The molecule has 0 saturated heterocycles. The first-order valence-electron chi connectivity index (χ1n) is 5.42. The Labute approximate surface area is 110 Å². The van der Waals surface area contributed by atoms with Crippen LogP contribution in [0.2, 0.25) is 5.02 Å². The Bertz CT molecular complexity index is 579. The molecule has 3 N–H and O–H groups in total. The fourth-order valence-corrected chi connectivity index (χ4v) is 2.05. The van der Waals surface area contributed by atoms with Crippen molar-refractivity contribution in [3.8, 4) is 11.1 Å². The van der Waals surface area contributed by atoms with E-state index in [2.05, 4.69) is 0 Å². The molecule has 18 heavy (non-hydrogen) atoms. The molecule has 0 aliphatic heterocycles. The first-order valence-corrected chi connectivity index (χ1v) is 5.80. The van der Waals surface area contributed by atoms with E-state index in [1.807, 2.05) is 18.2 Å². The maximum atomic E-state index is 10.6. The zero-order valence-corrected chi connectivity index (χ0v) is 10.3. The average Bonchev–Trinajstić information content (AvgIpc) is 2.30. The van der Waals surface area contributed by atoms with Gasteiger partial charge in [-0.25, -0.2) is 0 Å². The summed E-state index contributed by atoms with van der Waals surface area (Å²) >= 11 is 6.16. The zero-order valence-electron chi connectivity index (χ0n) is 9.56. The summed E-state index contributed by atoms with van der Waals surface area (Å²) in [5.41, 5.74) is 8.82. The third-order valence-corrected chi connectivity index (χ3v) is 2.92. The summed E-state index contributed by atoms with van der Waals surface area (Å²) in [5.74, 6) is -0.869. The van der Waals surface area contributed by atoms with E-state index in [0.717, 1.165) is 11.1 Å². The minimum atomic E-state index is -0.869. The summed E-state index contributed by atoms with van der Waals surface area (Å²) in [6.45, 7) is 0. The zero-order chi connectivity index (χ0) is 13.1. The van der Waals surface area contributed by atoms with Gasteiger partial charge in [0.2, 0.25) is 0 Å². The standard InChI is InChI=1S/C14H12ClNO2/c15-13-7-9(8-14(17)18)1-6-12(13)10-2-4-11(16)5-3-10/h1-7H,8,16H2,(H,17,18). The molecule has 3 nitrogen and oxygen atoms in total. The topological polar surface area (TPSA) is 63.3 Å². The normalized spacial score (nSPS) is 10.3. The summed E-state index contributed by atoms with van der Waals surface area (Å²) in [4.78, 5) is 10.6. The fourth-order valence-electron chi connectivity index (χ4n) is 1.74. The van der Waals surface area contributed by atoms with Gasteiger partial charge in [-0.2, -0.15) is 0 Å². The highest BCUT2D eigenvalue weighted by Crippen LogP contribution is 2.29. The molecule has 0 aliphatic carbocycles. The van der Waals surface area contributed by atoms with Gasteiger partial charge in [0.15, 0.2) is 0 Å². The predicted molar refractivity (Wildman–Crippen MR) is 72.6 cm³/mol. The number of hydrogen-bond acceptors (Lipinski definition) is 2. The molecule has 0 spiro atoms. The number of nitrogens with two attached hydrogens (primary N) is 1. The molecule has 2 aromatic carbocycles. The van der Waals surface area contributed by atoms with E-state index in [4.69, 9.17) is 22.4 Å². The maximum absolute atomic E-state index is 10.6. The summed E-state index contributed by atoms with van der Waals surface area (Å²) in [5, 5.41) is 9.26. The Hall–Kier alpha value is -2.00. The highest BCUT2D eigenvalue weighted by Gasteiger charge is 2.06. The molecule has 92 valence electrons. The van der Waals surface area contributed by atoms with Crippen molar-refractivity contribution in [2.45, 2.75) is 6.42 Å². The molecule has 0 saturated carbocycles. The van der Waals surface area contributed by atoms with Crippen molar-refractivity contribution in [2.24, 2.45) is 0 Å². The number of halogens is 1. The lowest BCUT2D eigenvalue weighted by Crippen LogP contribution is -1.99. The Balaban J connectivity index is 2.35. The predicted octanol–water partition coefficient (Wildman–Crippen LogP) is 3.22. The quantitative estimate of drug-likeness (QED) is 0.834. The molecule has 0 bridgehead atoms. The molecule has 0 unspecified atom stereocenters. The van der Waals surface area contributed by atoms with Gasteiger partial charge in [0.25, 0.3) is 0 Å². The second kappa shape index (κ2) is 5.10. The van der Waals surface area contributed by atoms with Crippen molar-refractivity contribution in [1.82, 2.24) is 0 Å². The number of aliphatic carboxylic acids is 1. The Morgan fingerprint density at radius 1 is 1.17 bits per heavy atom. The van der Waals surface area contributed by atoms with Crippen molar-refractivity contribution < 1.29 is 9.90 Å². The van der Waals surface area contributed by atoms with Gasteiger partial charge in [-0.05, 0) is 29.3 Å². The van der Waals surface area contributed by atoms with E-state index in [9.17, 15) is 4.79 Å². The summed E-state index contributed by atoms with van der Waals surface area (Å²) in [6, 6.07) is 12.6. The van der Waals surface area contributed by atoms with Gasteiger partial charge in [-0.3, -0.25) is 4.79 Å². The SMILES string of the molecule is Nc1ccc(-c2ccc(CC(=O)O)cc2Cl)cc1. The van der Waals surface area contributed by atoms with Crippen molar-refractivity contribution in [3.63, 3.8) is 0 Å². The van der Waals surface area contributed by atoms with Gasteiger partial charge in [-0.15, -0.1) is 0 Å². The van der Waals surface area contributed by atoms with Crippen LogP contribution in [0.25, 0.3) is 11.1 Å². The number of rotatable bonds is 3. The van der Waals surface area contributed by atoms with Crippen molar-refractivity contribution in [1.29, 1.82) is 0 Å². The van der Waals surface area contributed by atoms with Crippen LogP contribution < -0.4 is 5.73 Å². The molecule has 0 heterocycles. The number of benzene rings is 2. The van der Waals surface area contributed by atoms with Crippen LogP contribution in [-0.4, -0.2) is 11.1 Å². The molecule has 0 aliphatic rings. The number of anilines is 1. The highest BCUT2D eigenvalue weighted by atomic mass is 35.5. The largest absolute Gasteiger partial charge is 0.481 e. The minimum Gasteiger partial charge on any atom is -0.481 e. The first-order chi connectivity index (χ1) is 8.56. The van der Waals surface area contributed by atoms with Gasteiger partial charge in [0, 0.05) is 16.3 Å². The van der Waals surface area contributed by atoms with Crippen LogP contribution in [0.4, 0.5) is 5.69 Å². The third kappa shape index (κ3) is 2.81. The smallest absolute Gasteiger partial charge is 0.307 e. The van der Waals surface area contributed by atoms with Crippen molar-refractivity contribution in [3.05, 3.63) is 53.1 Å². The van der Waals surface area contributed by atoms with E-state index < -0.39 is 5.97 Å². The second-order valence-corrected chi connectivity index (χ2v) is 4.41. The highest BCUT2D eigenvalue weighted by molar-refractivity contribution is 6.33. The van der Waals surface area contributed by atoms with Gasteiger partial charge in [0.1, 0.15) is 0 Å². The number of carbonyl (C=O) groups is 1. The Kier molecular flexibility index (Phi) is 3.53. The first kappa shape index (κ1) is 12.5. The second-order valence-electron chi connectivity index (χ2n) is 4.01. The lowest BCUT2D eigenvalue weighted by Gasteiger charge is -2.07. The summed E-state index contributed by atoms with van der Waals surface area (Å²) in [7, 11) is 0. The molecule has 2 aromatic rings. The van der Waals surface area contributed by atoms with Crippen LogP contribution in [0, 0.1) is 0 Å². The molecule has 2 rings (SSSR count). The molecule has 0 fully saturated rings. The van der Waals surface area contributed by atoms with E-state index in [1.165, 1.54) is 0 Å². The number of carboxylic acids is 1. The van der Waals surface area contributed by atoms with Crippen LogP contribution in [0.15, 0.2) is 42.5 Å². The van der Waals surface area contributed by atoms with E-state index in [-0.39, 0.29) is 6.42 Å². The third-order valence-electron chi connectivity index (χ3n) is 2.61. The van der Waals surface area contributed by atoms with Gasteiger partial charge in [-0.1, -0.05) is 35.9 Å². The number of nitrogen functional groups attached to an aromatic ring is 1. The average molecular weight is 262 g/mol. The van der Waals surface area contributed by atoms with E-state index >= 15 is 0 Å². The maximum Gasteiger partial charge on any atom is 0.307 e. The fraction of sp³-hybridized carbons (Fsp3) is 0.0714. The summed E-state index contributed by atoms with van der Waals surface area (Å²) in [6.07, 6.45) is -0.0261. The molecule has 0 atom stereocenters. The minimum absolute atomic E-state index is 0.0261. The van der Waals surface area contributed by atoms with E-state index in [1.54, 1.807) is 24.3 Å². The van der Waals surface area contributed by atoms with Gasteiger partial charge >= 0.3 is 5.97 Å². The molecular weight excluding hydrogens is 250 g/mol. The van der Waals surface area contributed by atoms with Crippen LogP contribution in [0.3, 0.4) is 0 Å². The van der Waals surface area contributed by atoms with Crippen molar-refractivity contribution in [2.75, 3.05) is 5.73 Å². The Morgan fingerprint density at radius 2 is 1.83 bits per heavy atom. The molecule has 4 heteroatoms. The molecule has 0 radical (unpaired) electrons. The lowest BCUT2D eigenvalue weighted by molar-refractivity contribution is -0.136. The lowest BCUT2D eigenvalue weighted by atomic mass is 10.0. The van der Waals surface area contributed by atoms with Crippen LogP contribution >= 0.6 is 11.6 Å². The monoisotopic (exact) mass is 261 g/mol. The van der Waals surface area contributed by atoms with Crippen LogP contribution in [0.5, 0.6) is 0 Å². The van der Waals surface area contributed by atoms with Crippen LogP contribution in [-0.2, 0) is 11.2 Å². The molecular formula is C14H12ClNO2. The van der Waals surface area contributed by atoms with E-state index in [0.29, 0.717) is 16.3 Å². The van der Waals surface area contributed by atoms with Crippen LogP contribution in [0.1, 0.15) is 5.56 Å². The Morgan fingerprint density at radius 3 is 2.39 bits per heavy atom.